The minimum atomic E-state index is -3.85. The number of hydrogen-bond donors (Lipinski definition) is 1. The molecule has 0 radical (unpaired) electrons. The molecular formula is C22H28N2O4S. The first kappa shape index (κ1) is 21.2. The highest BCUT2D eigenvalue weighted by Crippen LogP contribution is 2.28. The van der Waals surface area contributed by atoms with Gasteiger partial charge in [0.25, 0.3) is 15.9 Å². The standard InChI is InChI=1S/C22H28N2O4S/c1-15-9-11-24(12-10-15)22(25)19-14-18(6-8-21(19)28-4)29(26,27)23-20-7-5-16(2)13-17(20)3/h5-8,13-15,23H,9-12H2,1-4H3. The predicted molar refractivity (Wildman–Crippen MR) is 114 cm³/mol. The van der Waals surface area contributed by atoms with E-state index in [1.54, 1.807) is 11.0 Å². The lowest BCUT2D eigenvalue weighted by Gasteiger charge is -2.30. The van der Waals surface area contributed by atoms with Crippen LogP contribution in [0.1, 0.15) is 41.3 Å². The van der Waals surface area contributed by atoms with E-state index in [-0.39, 0.29) is 16.4 Å². The molecule has 1 amide bonds. The lowest BCUT2D eigenvalue weighted by atomic mass is 9.98. The Morgan fingerprint density at radius 2 is 1.79 bits per heavy atom. The molecule has 2 aromatic rings. The molecule has 3 rings (SSSR count). The van der Waals surface area contributed by atoms with E-state index in [2.05, 4.69) is 11.6 Å². The summed E-state index contributed by atoms with van der Waals surface area (Å²) in [5.41, 5.74) is 2.68. The van der Waals surface area contributed by atoms with Crippen LogP contribution in [0.15, 0.2) is 41.3 Å². The van der Waals surface area contributed by atoms with Crippen LogP contribution in [0.4, 0.5) is 5.69 Å². The zero-order valence-electron chi connectivity index (χ0n) is 17.4. The van der Waals surface area contributed by atoms with Gasteiger partial charge in [0.1, 0.15) is 5.75 Å². The fourth-order valence-electron chi connectivity index (χ4n) is 3.54. The molecule has 2 aromatic carbocycles. The smallest absolute Gasteiger partial charge is 0.261 e. The fraction of sp³-hybridized carbons (Fsp3) is 0.409. The van der Waals surface area contributed by atoms with Crippen molar-refractivity contribution >= 4 is 21.6 Å². The molecule has 1 fully saturated rings. The molecule has 6 nitrogen and oxygen atoms in total. The second-order valence-corrected chi connectivity index (χ2v) is 9.44. The summed E-state index contributed by atoms with van der Waals surface area (Å²) in [6.45, 7) is 7.31. The van der Waals surface area contributed by atoms with E-state index in [0.717, 1.165) is 24.0 Å². The number of nitrogens with zero attached hydrogens (tertiary/aromatic N) is 1. The first-order chi connectivity index (χ1) is 13.7. The Morgan fingerprint density at radius 3 is 2.41 bits per heavy atom. The van der Waals surface area contributed by atoms with Crippen molar-refractivity contribution in [3.63, 3.8) is 0 Å². The monoisotopic (exact) mass is 416 g/mol. The molecule has 1 N–H and O–H groups in total. The van der Waals surface area contributed by atoms with Crippen molar-refractivity contribution in [2.45, 2.75) is 38.5 Å². The van der Waals surface area contributed by atoms with Crippen LogP contribution in [0.3, 0.4) is 0 Å². The number of ether oxygens (including phenoxy) is 1. The van der Waals surface area contributed by atoms with Gasteiger partial charge >= 0.3 is 0 Å². The van der Waals surface area contributed by atoms with Crippen LogP contribution in [-0.2, 0) is 10.0 Å². The number of benzene rings is 2. The molecule has 1 heterocycles. The average Bonchev–Trinajstić information content (AvgIpc) is 2.69. The molecule has 0 aliphatic carbocycles. The lowest BCUT2D eigenvalue weighted by molar-refractivity contribution is 0.0693. The van der Waals surface area contributed by atoms with Gasteiger partial charge in [-0.15, -0.1) is 0 Å². The van der Waals surface area contributed by atoms with Gasteiger partial charge in [-0.05, 0) is 62.4 Å². The number of nitrogens with one attached hydrogen (secondary N) is 1. The number of aryl methyl sites for hydroxylation is 2. The van der Waals surface area contributed by atoms with Gasteiger partial charge in [0.05, 0.1) is 23.3 Å². The van der Waals surface area contributed by atoms with Gasteiger partial charge in [0.15, 0.2) is 0 Å². The molecule has 29 heavy (non-hydrogen) atoms. The number of methoxy groups -OCH3 is 1. The van der Waals surface area contributed by atoms with E-state index in [4.69, 9.17) is 4.74 Å². The van der Waals surface area contributed by atoms with Gasteiger partial charge in [-0.2, -0.15) is 0 Å². The quantitative estimate of drug-likeness (QED) is 0.800. The molecule has 156 valence electrons. The van der Waals surface area contributed by atoms with Crippen molar-refractivity contribution in [1.82, 2.24) is 4.90 Å². The lowest BCUT2D eigenvalue weighted by Crippen LogP contribution is -2.38. The first-order valence-electron chi connectivity index (χ1n) is 9.78. The molecule has 0 bridgehead atoms. The third-order valence-electron chi connectivity index (χ3n) is 5.41. The highest BCUT2D eigenvalue weighted by Gasteiger charge is 2.26. The third-order valence-corrected chi connectivity index (χ3v) is 6.77. The number of hydrogen-bond acceptors (Lipinski definition) is 4. The maximum absolute atomic E-state index is 13.0. The minimum Gasteiger partial charge on any atom is -0.496 e. The van der Waals surface area contributed by atoms with Crippen molar-refractivity contribution < 1.29 is 17.9 Å². The van der Waals surface area contributed by atoms with Crippen LogP contribution in [0.5, 0.6) is 5.75 Å². The van der Waals surface area contributed by atoms with Crippen molar-refractivity contribution in [3.8, 4) is 5.75 Å². The number of likely N-dealkylation sites (tertiary alicyclic amines) is 1. The summed E-state index contributed by atoms with van der Waals surface area (Å²) in [4.78, 5) is 14.8. The maximum Gasteiger partial charge on any atom is 0.261 e. The summed E-state index contributed by atoms with van der Waals surface area (Å²) in [6.07, 6.45) is 1.89. The maximum atomic E-state index is 13.0. The van der Waals surface area contributed by atoms with Crippen LogP contribution in [-0.4, -0.2) is 39.4 Å². The number of anilines is 1. The third kappa shape index (κ3) is 4.72. The van der Waals surface area contributed by atoms with Gasteiger partial charge in [0.2, 0.25) is 0 Å². The van der Waals surface area contributed by atoms with E-state index in [1.165, 1.54) is 25.3 Å². The van der Waals surface area contributed by atoms with Crippen LogP contribution >= 0.6 is 0 Å². The van der Waals surface area contributed by atoms with Crippen molar-refractivity contribution in [2.24, 2.45) is 5.92 Å². The molecule has 1 aliphatic heterocycles. The second-order valence-electron chi connectivity index (χ2n) is 7.76. The largest absolute Gasteiger partial charge is 0.496 e. The molecule has 7 heteroatoms. The Balaban J connectivity index is 1.91. The molecule has 1 aliphatic rings. The molecule has 1 saturated heterocycles. The summed E-state index contributed by atoms with van der Waals surface area (Å²) in [5, 5.41) is 0. The Labute approximate surface area is 172 Å². The summed E-state index contributed by atoms with van der Waals surface area (Å²) in [5.74, 6) is 0.769. The zero-order valence-corrected chi connectivity index (χ0v) is 18.2. The van der Waals surface area contributed by atoms with Crippen molar-refractivity contribution in [2.75, 3.05) is 24.9 Å². The first-order valence-corrected chi connectivity index (χ1v) is 11.3. The van der Waals surface area contributed by atoms with E-state index >= 15 is 0 Å². The highest BCUT2D eigenvalue weighted by atomic mass is 32.2. The van der Waals surface area contributed by atoms with Crippen LogP contribution < -0.4 is 9.46 Å². The summed E-state index contributed by atoms with van der Waals surface area (Å²) in [6, 6.07) is 9.91. The van der Waals surface area contributed by atoms with Crippen LogP contribution in [0.25, 0.3) is 0 Å². The molecule has 0 saturated carbocycles. The molecule has 0 unspecified atom stereocenters. The summed E-state index contributed by atoms with van der Waals surface area (Å²) >= 11 is 0. The Bertz CT molecular complexity index is 1010. The highest BCUT2D eigenvalue weighted by molar-refractivity contribution is 7.92. The van der Waals surface area contributed by atoms with Gasteiger partial charge in [-0.3, -0.25) is 9.52 Å². The van der Waals surface area contributed by atoms with Crippen LogP contribution in [0.2, 0.25) is 0 Å². The van der Waals surface area contributed by atoms with Gasteiger partial charge in [-0.25, -0.2) is 8.42 Å². The zero-order chi connectivity index (χ0) is 21.2. The van der Waals surface area contributed by atoms with Gasteiger partial charge < -0.3 is 9.64 Å². The van der Waals surface area contributed by atoms with E-state index < -0.39 is 10.0 Å². The van der Waals surface area contributed by atoms with Crippen LogP contribution in [0, 0.1) is 19.8 Å². The Morgan fingerprint density at radius 1 is 1.10 bits per heavy atom. The SMILES string of the molecule is COc1ccc(S(=O)(=O)Nc2ccc(C)cc2C)cc1C(=O)N1CCC(C)CC1. The van der Waals surface area contributed by atoms with Crippen molar-refractivity contribution in [3.05, 3.63) is 53.1 Å². The average molecular weight is 417 g/mol. The normalized spacial score (nSPS) is 15.2. The molecule has 0 aromatic heterocycles. The summed E-state index contributed by atoms with van der Waals surface area (Å²) < 4.78 is 33.9. The predicted octanol–water partition coefficient (Wildman–Crippen LogP) is 3.98. The van der Waals surface area contributed by atoms with Gasteiger partial charge in [0, 0.05) is 13.1 Å². The minimum absolute atomic E-state index is 0.0343. The number of sulfonamides is 1. The number of piperidine rings is 1. The van der Waals surface area contributed by atoms with E-state index in [9.17, 15) is 13.2 Å². The Hall–Kier alpha value is -2.54. The fourth-order valence-corrected chi connectivity index (χ4v) is 4.69. The second kappa shape index (κ2) is 8.45. The van der Waals surface area contributed by atoms with E-state index in [0.29, 0.717) is 30.4 Å². The molecule has 0 atom stereocenters. The Kier molecular flexibility index (Phi) is 6.17. The molecular weight excluding hydrogens is 388 g/mol. The van der Waals surface area contributed by atoms with Gasteiger partial charge in [-0.1, -0.05) is 24.6 Å². The number of amides is 1. The number of carbonyl (C=O) groups is 1. The van der Waals surface area contributed by atoms with Crippen molar-refractivity contribution in [1.29, 1.82) is 0 Å². The topological polar surface area (TPSA) is 75.7 Å². The van der Waals surface area contributed by atoms with E-state index in [1.807, 2.05) is 26.0 Å². The number of carbonyl (C=O) groups excluding carboxylic acids is 1. The summed E-state index contributed by atoms with van der Waals surface area (Å²) in [7, 11) is -2.37. The molecule has 0 spiro atoms. The number of rotatable bonds is 5.